The van der Waals surface area contributed by atoms with Crippen LogP contribution < -0.4 is 5.32 Å². The second-order valence-electron chi connectivity index (χ2n) is 4.95. The molecule has 0 spiro atoms. The van der Waals surface area contributed by atoms with Crippen LogP contribution in [0, 0.1) is 5.41 Å². The number of anilines is 1. The zero-order valence-electron chi connectivity index (χ0n) is 9.67. The first-order valence-electron chi connectivity index (χ1n) is 5.89. The Balaban J connectivity index is 1.91. The number of nitrogens with zero attached hydrogens (tertiary/aromatic N) is 2. The highest BCUT2D eigenvalue weighted by Gasteiger charge is 2.26. The Kier molecular flexibility index (Phi) is 3.64. The van der Waals surface area contributed by atoms with E-state index in [1.54, 1.807) is 12.4 Å². The van der Waals surface area contributed by atoms with Gasteiger partial charge in [0.1, 0.15) is 11.0 Å². The van der Waals surface area contributed by atoms with Crippen LogP contribution in [0.4, 0.5) is 5.82 Å². The molecule has 0 unspecified atom stereocenters. The number of rotatable bonds is 3. The summed E-state index contributed by atoms with van der Waals surface area (Å²) in [5.74, 6) is 0.777. The first-order valence-corrected chi connectivity index (χ1v) is 6.27. The van der Waals surface area contributed by atoms with Crippen LogP contribution in [0.5, 0.6) is 0 Å². The van der Waals surface area contributed by atoms with Crippen molar-refractivity contribution in [3.05, 3.63) is 17.5 Å². The minimum atomic E-state index is 0.405. The van der Waals surface area contributed by atoms with Gasteiger partial charge in [-0.15, -0.1) is 0 Å². The van der Waals surface area contributed by atoms with Gasteiger partial charge in [-0.1, -0.05) is 37.8 Å². The molecule has 0 saturated heterocycles. The maximum absolute atomic E-state index is 5.79. The summed E-state index contributed by atoms with van der Waals surface area (Å²) in [7, 11) is 0. The highest BCUT2D eigenvalue weighted by atomic mass is 35.5. The van der Waals surface area contributed by atoms with Crippen molar-refractivity contribution in [2.75, 3.05) is 11.9 Å². The fraction of sp³-hybridized carbons (Fsp3) is 0.667. The Labute approximate surface area is 102 Å². The van der Waals surface area contributed by atoms with Crippen LogP contribution in [0.3, 0.4) is 0 Å². The summed E-state index contributed by atoms with van der Waals surface area (Å²) < 4.78 is 0. The standard InChI is InChI=1S/C12H18ClN3/c1-12(5-3-2-4-6-12)9-15-11-8-14-7-10(13)16-11/h7-8H,2-6,9H2,1H3,(H,15,16). The van der Waals surface area contributed by atoms with Crippen molar-refractivity contribution in [1.82, 2.24) is 9.97 Å². The zero-order chi connectivity index (χ0) is 11.4. The van der Waals surface area contributed by atoms with Crippen molar-refractivity contribution in [1.29, 1.82) is 0 Å². The molecule has 1 heterocycles. The third-order valence-corrected chi connectivity index (χ3v) is 3.54. The van der Waals surface area contributed by atoms with Crippen molar-refractivity contribution in [2.24, 2.45) is 5.41 Å². The molecule has 0 aromatic carbocycles. The van der Waals surface area contributed by atoms with E-state index in [4.69, 9.17) is 11.6 Å². The molecule has 1 aromatic heterocycles. The molecule has 1 N–H and O–H groups in total. The van der Waals surface area contributed by atoms with Crippen LogP contribution in [0.25, 0.3) is 0 Å². The molecular formula is C12H18ClN3. The normalized spacial score (nSPS) is 19.4. The molecule has 0 bridgehead atoms. The highest BCUT2D eigenvalue weighted by Crippen LogP contribution is 2.35. The number of hydrogen-bond donors (Lipinski definition) is 1. The van der Waals surface area contributed by atoms with Gasteiger partial charge in [0.25, 0.3) is 0 Å². The van der Waals surface area contributed by atoms with Gasteiger partial charge < -0.3 is 5.32 Å². The van der Waals surface area contributed by atoms with Gasteiger partial charge in [-0.3, -0.25) is 4.98 Å². The maximum Gasteiger partial charge on any atom is 0.149 e. The van der Waals surface area contributed by atoms with Gasteiger partial charge in [-0.05, 0) is 18.3 Å². The van der Waals surface area contributed by atoms with Gasteiger partial charge in [-0.2, -0.15) is 0 Å². The second-order valence-corrected chi connectivity index (χ2v) is 5.34. The Morgan fingerprint density at radius 3 is 2.75 bits per heavy atom. The van der Waals surface area contributed by atoms with Gasteiger partial charge in [0.15, 0.2) is 0 Å². The van der Waals surface area contributed by atoms with E-state index >= 15 is 0 Å². The summed E-state index contributed by atoms with van der Waals surface area (Å²) in [6.45, 7) is 3.30. The molecule has 1 aliphatic carbocycles. The molecular weight excluding hydrogens is 222 g/mol. The lowest BCUT2D eigenvalue weighted by atomic mass is 9.76. The molecule has 4 heteroatoms. The van der Waals surface area contributed by atoms with Crippen LogP contribution in [-0.2, 0) is 0 Å². The quantitative estimate of drug-likeness (QED) is 0.877. The molecule has 3 nitrogen and oxygen atoms in total. The minimum Gasteiger partial charge on any atom is -0.368 e. The number of hydrogen-bond acceptors (Lipinski definition) is 3. The Bertz CT molecular complexity index is 348. The fourth-order valence-electron chi connectivity index (χ4n) is 2.31. The van der Waals surface area contributed by atoms with Crippen LogP contribution in [0.15, 0.2) is 12.4 Å². The molecule has 1 aromatic rings. The predicted octanol–water partition coefficient (Wildman–Crippen LogP) is 3.51. The largest absolute Gasteiger partial charge is 0.368 e. The minimum absolute atomic E-state index is 0.405. The summed E-state index contributed by atoms with van der Waals surface area (Å²) >= 11 is 5.79. The lowest BCUT2D eigenvalue weighted by molar-refractivity contribution is 0.233. The van der Waals surface area contributed by atoms with Gasteiger partial charge in [0, 0.05) is 6.54 Å². The van der Waals surface area contributed by atoms with Crippen LogP contribution >= 0.6 is 11.6 Å². The van der Waals surface area contributed by atoms with E-state index in [0.717, 1.165) is 12.4 Å². The summed E-state index contributed by atoms with van der Waals surface area (Å²) in [5, 5.41) is 3.78. The van der Waals surface area contributed by atoms with Crippen molar-refractivity contribution in [3.63, 3.8) is 0 Å². The third-order valence-electron chi connectivity index (χ3n) is 3.36. The molecule has 16 heavy (non-hydrogen) atoms. The molecule has 2 rings (SSSR count). The molecule has 0 amide bonds. The lowest BCUT2D eigenvalue weighted by Gasteiger charge is -2.33. The summed E-state index contributed by atoms with van der Waals surface area (Å²) in [6, 6.07) is 0. The Morgan fingerprint density at radius 1 is 1.31 bits per heavy atom. The average Bonchev–Trinajstić information content (AvgIpc) is 2.28. The fourth-order valence-corrected chi connectivity index (χ4v) is 2.46. The second kappa shape index (κ2) is 5.00. The average molecular weight is 240 g/mol. The van der Waals surface area contributed by atoms with Gasteiger partial charge in [-0.25, -0.2) is 4.98 Å². The molecule has 1 aliphatic rings. The van der Waals surface area contributed by atoms with E-state index < -0.39 is 0 Å². The molecule has 1 saturated carbocycles. The van der Waals surface area contributed by atoms with E-state index in [0.29, 0.717) is 10.6 Å². The first kappa shape index (κ1) is 11.6. The van der Waals surface area contributed by atoms with Crippen molar-refractivity contribution < 1.29 is 0 Å². The van der Waals surface area contributed by atoms with Crippen molar-refractivity contribution in [3.8, 4) is 0 Å². The van der Waals surface area contributed by atoms with E-state index in [1.807, 2.05) is 0 Å². The molecule has 88 valence electrons. The Hall–Kier alpha value is -0.830. The number of nitrogens with one attached hydrogen (secondary N) is 1. The van der Waals surface area contributed by atoms with E-state index in [2.05, 4.69) is 22.2 Å². The van der Waals surface area contributed by atoms with Crippen molar-refractivity contribution >= 4 is 17.4 Å². The highest BCUT2D eigenvalue weighted by molar-refractivity contribution is 6.29. The van der Waals surface area contributed by atoms with Gasteiger partial charge >= 0.3 is 0 Å². The maximum atomic E-state index is 5.79. The van der Waals surface area contributed by atoms with E-state index in [1.165, 1.54) is 32.1 Å². The third kappa shape index (κ3) is 3.08. The zero-order valence-corrected chi connectivity index (χ0v) is 10.4. The van der Waals surface area contributed by atoms with Gasteiger partial charge in [0.05, 0.1) is 12.4 Å². The predicted molar refractivity (Wildman–Crippen MR) is 66.7 cm³/mol. The summed E-state index contributed by atoms with van der Waals surface area (Å²) in [4.78, 5) is 8.19. The summed E-state index contributed by atoms with van der Waals surface area (Å²) in [5.41, 5.74) is 0.405. The van der Waals surface area contributed by atoms with Crippen molar-refractivity contribution in [2.45, 2.75) is 39.0 Å². The van der Waals surface area contributed by atoms with E-state index in [9.17, 15) is 0 Å². The topological polar surface area (TPSA) is 37.8 Å². The van der Waals surface area contributed by atoms with Crippen LogP contribution in [0.2, 0.25) is 5.15 Å². The van der Waals surface area contributed by atoms with E-state index in [-0.39, 0.29) is 0 Å². The van der Waals surface area contributed by atoms with Crippen LogP contribution in [-0.4, -0.2) is 16.5 Å². The molecule has 0 radical (unpaired) electrons. The van der Waals surface area contributed by atoms with Crippen LogP contribution in [0.1, 0.15) is 39.0 Å². The number of aromatic nitrogens is 2. The first-order chi connectivity index (χ1) is 7.68. The molecule has 0 aliphatic heterocycles. The SMILES string of the molecule is CC1(CNc2cncc(Cl)n2)CCCCC1. The smallest absolute Gasteiger partial charge is 0.149 e. The molecule has 1 fully saturated rings. The summed E-state index contributed by atoms with van der Waals surface area (Å²) in [6.07, 6.45) is 9.94. The number of halogens is 1. The Morgan fingerprint density at radius 2 is 2.06 bits per heavy atom. The van der Waals surface area contributed by atoms with Gasteiger partial charge in [0.2, 0.25) is 0 Å². The monoisotopic (exact) mass is 239 g/mol. The lowest BCUT2D eigenvalue weighted by Crippen LogP contribution is -2.29. The molecule has 0 atom stereocenters.